The highest BCUT2D eigenvalue weighted by molar-refractivity contribution is 5.87. The Morgan fingerprint density at radius 3 is 2.22 bits per heavy atom. The zero-order valence-electron chi connectivity index (χ0n) is 24.8. The molecule has 3 aromatic rings. The standard InChI is InChI=1S/C33H37F3N4O5/c34-24-5-1-21(2-6-24)31(22-3-7-25(35)8-4-22)32(37)30(41)15-23-16-38-19-29(36)28(23)10-9-26-17-39-18-27(45-26)20-44-33(42)40-11-13-43-14-12-40/h1-8,16,19,26-27,31-32,39H,9-15,17-18,20,37H2/t26-,27+,32-/m1/s1. The molecule has 2 aromatic carbocycles. The van der Waals surface area contributed by atoms with Gasteiger partial charge in [0.25, 0.3) is 0 Å². The fourth-order valence-corrected chi connectivity index (χ4v) is 5.72. The predicted molar refractivity (Wildman–Crippen MR) is 159 cm³/mol. The third-order valence-corrected chi connectivity index (χ3v) is 8.16. The van der Waals surface area contributed by atoms with Crippen molar-refractivity contribution in [2.75, 3.05) is 46.0 Å². The van der Waals surface area contributed by atoms with E-state index in [2.05, 4.69) is 10.3 Å². The smallest absolute Gasteiger partial charge is 0.410 e. The molecule has 1 aromatic heterocycles. The molecule has 0 unspecified atom stereocenters. The van der Waals surface area contributed by atoms with Crippen LogP contribution in [0.5, 0.6) is 0 Å². The minimum absolute atomic E-state index is 0.0875. The van der Waals surface area contributed by atoms with E-state index < -0.39 is 35.5 Å². The zero-order chi connectivity index (χ0) is 31.8. The molecule has 2 aliphatic rings. The molecule has 0 radical (unpaired) electrons. The molecule has 0 aliphatic carbocycles. The number of ketones is 1. The number of hydrogen-bond donors (Lipinski definition) is 2. The molecule has 3 atom stereocenters. The van der Waals surface area contributed by atoms with Crippen LogP contribution < -0.4 is 11.1 Å². The number of Topliss-reactive ketones (excluding diaryl/α,β-unsaturated/α-hetero) is 1. The highest BCUT2D eigenvalue weighted by Crippen LogP contribution is 2.29. The van der Waals surface area contributed by atoms with Gasteiger partial charge < -0.3 is 30.2 Å². The maximum absolute atomic E-state index is 15.1. The van der Waals surface area contributed by atoms with Gasteiger partial charge in [-0.25, -0.2) is 18.0 Å². The molecule has 1 amide bonds. The average molecular weight is 627 g/mol. The van der Waals surface area contributed by atoms with Crippen LogP contribution in [0, 0.1) is 17.5 Å². The van der Waals surface area contributed by atoms with E-state index >= 15 is 4.39 Å². The fraction of sp³-hybridized carbons (Fsp3) is 0.424. The first-order valence-electron chi connectivity index (χ1n) is 15.0. The van der Waals surface area contributed by atoms with Crippen LogP contribution in [0.1, 0.15) is 34.6 Å². The molecule has 12 heteroatoms. The number of carbonyl (C=O) groups excluding carboxylic acids is 2. The number of amides is 1. The summed E-state index contributed by atoms with van der Waals surface area (Å²) in [6.45, 7) is 3.06. The van der Waals surface area contributed by atoms with Crippen molar-refractivity contribution in [1.29, 1.82) is 0 Å². The number of morpholine rings is 2. The van der Waals surface area contributed by atoms with Crippen molar-refractivity contribution >= 4 is 11.9 Å². The number of nitrogens with zero attached hydrogens (tertiary/aromatic N) is 2. The van der Waals surface area contributed by atoms with Crippen LogP contribution in [0.15, 0.2) is 60.9 Å². The van der Waals surface area contributed by atoms with E-state index in [1.165, 1.54) is 30.5 Å². The van der Waals surface area contributed by atoms with Crippen molar-refractivity contribution in [3.63, 3.8) is 0 Å². The van der Waals surface area contributed by atoms with Gasteiger partial charge in [0.2, 0.25) is 0 Å². The monoisotopic (exact) mass is 626 g/mol. The number of carbonyl (C=O) groups is 2. The van der Waals surface area contributed by atoms with Crippen LogP contribution in [0.25, 0.3) is 0 Å². The first kappa shape index (κ1) is 32.6. The predicted octanol–water partition coefficient (Wildman–Crippen LogP) is 3.53. The molecular weight excluding hydrogens is 589 g/mol. The molecule has 0 spiro atoms. The summed E-state index contributed by atoms with van der Waals surface area (Å²) < 4.78 is 59.3. The summed E-state index contributed by atoms with van der Waals surface area (Å²) in [5.74, 6) is -2.48. The van der Waals surface area contributed by atoms with Crippen molar-refractivity contribution in [2.24, 2.45) is 5.73 Å². The summed E-state index contributed by atoms with van der Waals surface area (Å²) in [6.07, 6.45) is 2.08. The minimum atomic E-state index is -1.08. The summed E-state index contributed by atoms with van der Waals surface area (Å²) >= 11 is 0. The van der Waals surface area contributed by atoms with E-state index in [1.54, 1.807) is 29.2 Å². The van der Waals surface area contributed by atoms with Crippen LogP contribution in [-0.4, -0.2) is 86.0 Å². The van der Waals surface area contributed by atoms with Gasteiger partial charge in [0, 0.05) is 44.7 Å². The Balaban J connectivity index is 1.22. The maximum atomic E-state index is 15.1. The van der Waals surface area contributed by atoms with Gasteiger partial charge in [-0.15, -0.1) is 0 Å². The minimum Gasteiger partial charge on any atom is -0.447 e. The molecule has 0 bridgehead atoms. The van der Waals surface area contributed by atoms with Crippen molar-refractivity contribution in [1.82, 2.24) is 15.2 Å². The van der Waals surface area contributed by atoms with Gasteiger partial charge in [0.15, 0.2) is 5.78 Å². The third-order valence-electron chi connectivity index (χ3n) is 8.16. The number of pyridine rings is 1. The normalized spacial score (nSPS) is 19.4. The van der Waals surface area contributed by atoms with Crippen LogP contribution in [0.3, 0.4) is 0 Å². The van der Waals surface area contributed by atoms with Gasteiger partial charge in [0.05, 0.1) is 31.6 Å². The Hall–Kier alpha value is -3.84. The van der Waals surface area contributed by atoms with E-state index in [-0.39, 0.29) is 37.4 Å². The quantitative estimate of drug-likeness (QED) is 0.332. The second kappa shape index (κ2) is 15.4. The molecular formula is C33H37F3N4O5. The number of hydrogen-bond acceptors (Lipinski definition) is 8. The Bertz CT molecular complexity index is 1390. The molecule has 2 aliphatic heterocycles. The highest BCUT2D eigenvalue weighted by atomic mass is 19.1. The fourth-order valence-electron chi connectivity index (χ4n) is 5.72. The zero-order valence-corrected chi connectivity index (χ0v) is 24.8. The first-order chi connectivity index (χ1) is 21.8. The third kappa shape index (κ3) is 8.66. The summed E-state index contributed by atoms with van der Waals surface area (Å²) in [6, 6.07) is 10.2. The van der Waals surface area contributed by atoms with Crippen molar-refractivity contribution < 1.29 is 37.0 Å². The summed E-state index contributed by atoms with van der Waals surface area (Å²) in [4.78, 5) is 31.5. The molecule has 3 heterocycles. The second-order valence-electron chi connectivity index (χ2n) is 11.3. The number of halogens is 3. The van der Waals surface area contributed by atoms with Gasteiger partial charge in [-0.2, -0.15) is 0 Å². The number of nitrogens with one attached hydrogen (secondary N) is 1. The van der Waals surface area contributed by atoms with Crippen molar-refractivity contribution in [3.8, 4) is 0 Å². The number of rotatable bonds is 11. The Kier molecular flexibility index (Phi) is 11.2. The van der Waals surface area contributed by atoms with Gasteiger partial charge >= 0.3 is 6.09 Å². The largest absolute Gasteiger partial charge is 0.447 e. The Morgan fingerprint density at radius 1 is 0.956 bits per heavy atom. The Labute approximate surface area is 259 Å². The lowest BCUT2D eigenvalue weighted by Crippen LogP contribution is -2.48. The van der Waals surface area contributed by atoms with Crippen molar-refractivity contribution in [2.45, 2.75) is 43.4 Å². The highest BCUT2D eigenvalue weighted by Gasteiger charge is 2.30. The number of aromatic nitrogens is 1. The lowest BCUT2D eigenvalue weighted by Gasteiger charge is -2.32. The summed E-state index contributed by atoms with van der Waals surface area (Å²) in [7, 11) is 0. The van der Waals surface area contributed by atoms with E-state index in [0.717, 1.165) is 6.20 Å². The van der Waals surface area contributed by atoms with E-state index in [9.17, 15) is 18.4 Å². The lowest BCUT2D eigenvalue weighted by molar-refractivity contribution is -0.119. The number of benzene rings is 2. The van der Waals surface area contributed by atoms with Gasteiger partial charge in [-0.05, 0) is 59.4 Å². The molecule has 3 N–H and O–H groups in total. The maximum Gasteiger partial charge on any atom is 0.410 e. The van der Waals surface area contributed by atoms with E-state index in [0.29, 0.717) is 68.1 Å². The SMILES string of the molecule is N[C@H](C(=O)Cc1cncc(F)c1CC[C@@H]1CNC[C@@H](COC(=O)N2CCOCC2)O1)C(c1ccc(F)cc1)c1ccc(F)cc1. The topological polar surface area (TPSA) is 116 Å². The molecule has 45 heavy (non-hydrogen) atoms. The molecule has 2 fully saturated rings. The van der Waals surface area contributed by atoms with Crippen LogP contribution in [0.4, 0.5) is 18.0 Å². The molecule has 5 rings (SSSR count). The lowest BCUT2D eigenvalue weighted by atomic mass is 9.82. The summed E-state index contributed by atoms with van der Waals surface area (Å²) in [5, 5.41) is 3.28. The van der Waals surface area contributed by atoms with E-state index in [4.69, 9.17) is 19.9 Å². The van der Waals surface area contributed by atoms with Crippen LogP contribution in [-0.2, 0) is 31.8 Å². The number of nitrogens with two attached hydrogens (primary N) is 1. The second-order valence-corrected chi connectivity index (χ2v) is 11.3. The molecule has 9 nitrogen and oxygen atoms in total. The van der Waals surface area contributed by atoms with Gasteiger partial charge in [0.1, 0.15) is 30.2 Å². The van der Waals surface area contributed by atoms with Crippen LogP contribution in [0.2, 0.25) is 0 Å². The van der Waals surface area contributed by atoms with Gasteiger partial charge in [-0.3, -0.25) is 9.78 Å². The Morgan fingerprint density at radius 2 is 1.58 bits per heavy atom. The van der Waals surface area contributed by atoms with Crippen molar-refractivity contribution in [3.05, 3.63) is 101 Å². The van der Waals surface area contributed by atoms with E-state index in [1.807, 2.05) is 0 Å². The molecule has 0 saturated carbocycles. The van der Waals surface area contributed by atoms with Gasteiger partial charge in [-0.1, -0.05) is 24.3 Å². The first-order valence-corrected chi connectivity index (χ1v) is 15.0. The van der Waals surface area contributed by atoms with Crippen LogP contribution >= 0.6 is 0 Å². The molecule has 2 saturated heterocycles. The molecule has 240 valence electrons. The summed E-state index contributed by atoms with van der Waals surface area (Å²) in [5.41, 5.74) is 8.45. The number of ether oxygens (including phenoxy) is 3. The average Bonchev–Trinajstić information content (AvgIpc) is 3.05.